The summed E-state index contributed by atoms with van der Waals surface area (Å²) in [5, 5.41) is 22.4. The highest BCUT2D eigenvalue weighted by Crippen LogP contribution is 2.82. The van der Waals surface area contributed by atoms with Gasteiger partial charge < -0.3 is 24.4 Å². The van der Waals surface area contributed by atoms with Crippen LogP contribution in [0.3, 0.4) is 0 Å². The average molecular weight is 447 g/mol. The molecule has 5 nitrogen and oxygen atoms in total. The number of ether oxygens (including phenoxy) is 3. The number of aliphatic hydroxyl groups excluding tert-OH is 1. The molecule has 6 aliphatic carbocycles. The summed E-state index contributed by atoms with van der Waals surface area (Å²) < 4.78 is 18.4. The van der Waals surface area contributed by atoms with Crippen LogP contribution in [0, 0.1) is 52.3 Å². The topological polar surface area (TPSA) is 68.2 Å². The molecule has 12 atom stereocenters. The molecule has 6 saturated carbocycles. The van der Waals surface area contributed by atoms with Crippen molar-refractivity contribution < 1.29 is 24.4 Å². The number of hydrogen-bond donors (Lipinski definition) is 2. The lowest BCUT2D eigenvalue weighted by Gasteiger charge is -2.65. The Balaban J connectivity index is 1.19. The molecule has 0 bridgehead atoms. The fraction of sp³-hybridized carbons (Fsp3) is 1.00. The van der Waals surface area contributed by atoms with Crippen LogP contribution in [0.1, 0.15) is 72.1 Å². The Labute approximate surface area is 192 Å². The third-order valence-electron chi connectivity index (χ3n) is 12.4. The van der Waals surface area contributed by atoms with E-state index in [0.717, 1.165) is 44.3 Å². The van der Waals surface area contributed by atoms with Crippen LogP contribution in [0.15, 0.2) is 0 Å². The van der Waals surface area contributed by atoms with E-state index in [1.807, 2.05) is 0 Å². The van der Waals surface area contributed by atoms with E-state index in [1.54, 1.807) is 0 Å². The van der Waals surface area contributed by atoms with Crippen molar-refractivity contribution in [1.82, 2.24) is 0 Å². The van der Waals surface area contributed by atoms with Crippen LogP contribution in [0.25, 0.3) is 0 Å². The Hall–Kier alpha value is -0.200. The molecule has 0 aromatic heterocycles. The molecule has 1 saturated heterocycles. The number of hydrogen-bond acceptors (Lipinski definition) is 5. The predicted molar refractivity (Wildman–Crippen MR) is 119 cm³/mol. The van der Waals surface area contributed by atoms with Crippen molar-refractivity contribution in [2.24, 2.45) is 52.3 Å². The number of aliphatic hydroxyl groups is 2. The Bertz CT molecular complexity index is 797. The summed E-state index contributed by atoms with van der Waals surface area (Å²) >= 11 is 0. The second kappa shape index (κ2) is 6.51. The fourth-order valence-corrected chi connectivity index (χ4v) is 10.6. The van der Waals surface area contributed by atoms with E-state index in [0.29, 0.717) is 42.6 Å². The number of rotatable bonds is 3. The van der Waals surface area contributed by atoms with Crippen LogP contribution < -0.4 is 0 Å². The van der Waals surface area contributed by atoms with Gasteiger partial charge in [0.25, 0.3) is 0 Å². The van der Waals surface area contributed by atoms with Gasteiger partial charge >= 0.3 is 0 Å². The zero-order valence-electron chi connectivity index (χ0n) is 20.1. The van der Waals surface area contributed by atoms with Crippen LogP contribution in [-0.2, 0) is 14.2 Å². The van der Waals surface area contributed by atoms with Crippen molar-refractivity contribution >= 4 is 0 Å². The second-order valence-electron chi connectivity index (χ2n) is 13.4. The van der Waals surface area contributed by atoms with E-state index in [-0.39, 0.29) is 28.8 Å². The smallest absolute Gasteiger partial charge is 0.180 e. The van der Waals surface area contributed by atoms with Gasteiger partial charge in [-0.3, -0.25) is 0 Å². The van der Waals surface area contributed by atoms with Gasteiger partial charge in [-0.2, -0.15) is 0 Å². The zero-order valence-corrected chi connectivity index (χ0v) is 20.1. The summed E-state index contributed by atoms with van der Waals surface area (Å²) in [6.07, 6.45) is 7.77. The molecule has 0 spiro atoms. The highest BCUT2D eigenvalue weighted by atomic mass is 16.7. The lowest BCUT2D eigenvalue weighted by molar-refractivity contribution is -0.257. The average Bonchev–Trinajstić information content (AvgIpc) is 3.68. The Morgan fingerprint density at radius 3 is 2.41 bits per heavy atom. The van der Waals surface area contributed by atoms with E-state index < -0.39 is 5.60 Å². The lowest BCUT2D eigenvalue weighted by Crippen LogP contribution is -2.65. The maximum atomic E-state index is 12.0. The highest BCUT2D eigenvalue weighted by molar-refractivity contribution is 5.29. The molecule has 0 amide bonds. The standard InChI is InChI=1S/C27H42O5/c1-24-7-5-15(28)13-27(24,29)20-11-16(20)22-18(24)6-8-25(2)23(22)17-12-19(17)26(25,3)32-14-21-30-9-4-10-31-21/h15-23,28-29H,4-14H2,1-3H3/t15-,16-,17+,18?,19-,20+,22?,23?,24+,25-,26-,27+/m0/s1. The van der Waals surface area contributed by atoms with Gasteiger partial charge in [0.2, 0.25) is 0 Å². The minimum Gasteiger partial charge on any atom is -0.393 e. The molecule has 180 valence electrons. The Kier molecular flexibility index (Phi) is 4.30. The van der Waals surface area contributed by atoms with Crippen molar-refractivity contribution in [3.05, 3.63) is 0 Å². The Morgan fingerprint density at radius 1 is 0.906 bits per heavy atom. The zero-order chi connectivity index (χ0) is 22.1. The first kappa shape index (κ1) is 21.1. The lowest BCUT2D eigenvalue weighted by atomic mass is 9.42. The molecule has 5 heteroatoms. The predicted octanol–water partition coefficient (Wildman–Crippen LogP) is 3.76. The summed E-state index contributed by atoms with van der Waals surface area (Å²) in [7, 11) is 0. The summed E-state index contributed by atoms with van der Waals surface area (Å²) in [5.41, 5.74) is -0.589. The normalized spacial score (nSPS) is 62.9. The first-order valence-electron chi connectivity index (χ1n) is 13.5. The summed E-state index contributed by atoms with van der Waals surface area (Å²) in [6, 6.07) is 0. The first-order valence-corrected chi connectivity index (χ1v) is 13.5. The van der Waals surface area contributed by atoms with Crippen molar-refractivity contribution in [1.29, 1.82) is 0 Å². The van der Waals surface area contributed by atoms with Crippen LogP contribution >= 0.6 is 0 Å². The molecule has 7 fully saturated rings. The Morgan fingerprint density at radius 2 is 1.62 bits per heavy atom. The van der Waals surface area contributed by atoms with E-state index in [1.165, 1.54) is 25.7 Å². The van der Waals surface area contributed by atoms with Gasteiger partial charge in [-0.25, -0.2) is 0 Å². The van der Waals surface area contributed by atoms with Crippen molar-refractivity contribution in [3.8, 4) is 0 Å². The van der Waals surface area contributed by atoms with E-state index in [9.17, 15) is 10.2 Å². The number of fused-ring (bicyclic) bond motifs is 10. The highest BCUT2D eigenvalue weighted by Gasteiger charge is 2.80. The molecule has 3 unspecified atom stereocenters. The van der Waals surface area contributed by atoms with E-state index >= 15 is 0 Å². The second-order valence-corrected chi connectivity index (χ2v) is 13.4. The molecule has 1 heterocycles. The molecule has 0 radical (unpaired) electrons. The molecule has 0 aromatic rings. The maximum Gasteiger partial charge on any atom is 0.180 e. The molecule has 7 rings (SSSR count). The van der Waals surface area contributed by atoms with Gasteiger partial charge in [-0.1, -0.05) is 13.8 Å². The first-order chi connectivity index (χ1) is 15.2. The molecule has 32 heavy (non-hydrogen) atoms. The fourth-order valence-electron chi connectivity index (χ4n) is 10.6. The summed E-state index contributed by atoms with van der Waals surface area (Å²) in [6.45, 7) is 9.44. The third-order valence-corrected chi connectivity index (χ3v) is 12.4. The minimum atomic E-state index is -0.652. The van der Waals surface area contributed by atoms with Crippen LogP contribution in [0.2, 0.25) is 0 Å². The molecular weight excluding hydrogens is 404 g/mol. The van der Waals surface area contributed by atoms with Crippen molar-refractivity contribution in [3.63, 3.8) is 0 Å². The molecular formula is C27H42O5. The van der Waals surface area contributed by atoms with Gasteiger partial charge in [0.05, 0.1) is 37.1 Å². The molecule has 0 aromatic carbocycles. The summed E-state index contributed by atoms with van der Waals surface area (Å²) in [4.78, 5) is 0. The molecule has 1 aliphatic heterocycles. The van der Waals surface area contributed by atoms with Crippen LogP contribution in [0.5, 0.6) is 0 Å². The van der Waals surface area contributed by atoms with Crippen molar-refractivity contribution in [2.45, 2.75) is 95.7 Å². The van der Waals surface area contributed by atoms with Gasteiger partial charge in [-0.15, -0.1) is 0 Å². The largest absolute Gasteiger partial charge is 0.393 e. The summed E-state index contributed by atoms with van der Waals surface area (Å²) in [5.74, 6) is 4.54. The van der Waals surface area contributed by atoms with Crippen molar-refractivity contribution in [2.75, 3.05) is 19.8 Å². The van der Waals surface area contributed by atoms with Gasteiger partial charge in [0.1, 0.15) is 0 Å². The molecule has 7 aliphatic rings. The van der Waals surface area contributed by atoms with E-state index in [4.69, 9.17) is 14.2 Å². The van der Waals surface area contributed by atoms with Crippen LogP contribution in [0.4, 0.5) is 0 Å². The van der Waals surface area contributed by atoms with E-state index in [2.05, 4.69) is 20.8 Å². The third kappa shape index (κ3) is 2.43. The van der Waals surface area contributed by atoms with Gasteiger partial charge in [-0.05, 0) is 104 Å². The maximum absolute atomic E-state index is 12.0. The molecule has 2 N–H and O–H groups in total. The van der Waals surface area contributed by atoms with Gasteiger partial charge in [0.15, 0.2) is 6.29 Å². The monoisotopic (exact) mass is 446 g/mol. The minimum absolute atomic E-state index is 0.0378. The SMILES string of the molecule is C[C@]12CCC3C(C1[C@@H]1C[C@@H]1[C@]2(C)OCC1OCCCO1)[C@H]1C[C@H]1[C@]1(O)C[C@@H](O)CC[C@]31C. The van der Waals surface area contributed by atoms with Crippen LogP contribution in [-0.4, -0.2) is 53.6 Å². The van der Waals surface area contributed by atoms with Gasteiger partial charge in [0, 0.05) is 6.42 Å². The quantitative estimate of drug-likeness (QED) is 0.691.